The van der Waals surface area contributed by atoms with E-state index in [1.807, 2.05) is 45.0 Å². The minimum atomic E-state index is 0.576. The van der Waals surface area contributed by atoms with E-state index in [2.05, 4.69) is 48.4 Å². The molecule has 0 unspecified atom stereocenters. The number of hydrogen-bond donors (Lipinski definition) is 1. The summed E-state index contributed by atoms with van der Waals surface area (Å²) < 4.78 is 2.64. The van der Waals surface area contributed by atoms with Crippen molar-refractivity contribution in [2.75, 3.05) is 5.32 Å². The van der Waals surface area contributed by atoms with Crippen molar-refractivity contribution in [3.05, 3.63) is 63.5 Å². The number of nitrogens with one attached hydrogen (secondary N) is 1. The molecule has 1 N–H and O–H groups in total. The molecule has 3 aromatic rings. The topological polar surface area (TPSA) is 55.6 Å². The number of nitrogens with zero attached hydrogens (tertiary/aromatic N) is 4. The van der Waals surface area contributed by atoms with Crippen LogP contribution in [0.25, 0.3) is 5.95 Å². The molecule has 1 aromatic carbocycles. The summed E-state index contributed by atoms with van der Waals surface area (Å²) in [5.41, 5.74) is 4.03. The van der Waals surface area contributed by atoms with Gasteiger partial charge in [0.15, 0.2) is 0 Å². The Morgan fingerprint density at radius 2 is 1.83 bits per heavy atom. The number of halogens is 1. The van der Waals surface area contributed by atoms with Gasteiger partial charge in [-0.05, 0) is 48.3 Å². The van der Waals surface area contributed by atoms with Gasteiger partial charge >= 0.3 is 0 Å². The number of aryl methyl sites for hydroxylation is 3. The van der Waals surface area contributed by atoms with Crippen molar-refractivity contribution >= 4 is 21.7 Å². The second kappa shape index (κ2) is 6.50. The highest BCUT2D eigenvalue weighted by Crippen LogP contribution is 2.25. The van der Waals surface area contributed by atoms with Gasteiger partial charge in [0, 0.05) is 12.2 Å². The Morgan fingerprint density at radius 3 is 2.48 bits per heavy atom. The molecule has 0 atom stereocenters. The largest absolute Gasteiger partial charge is 0.365 e. The predicted molar refractivity (Wildman–Crippen MR) is 94.8 cm³/mol. The zero-order chi connectivity index (χ0) is 16.4. The molecule has 3 rings (SSSR count). The van der Waals surface area contributed by atoms with Crippen LogP contribution in [0.2, 0.25) is 0 Å². The average Bonchev–Trinajstić information content (AvgIpc) is 2.88. The highest BCUT2D eigenvalue weighted by Gasteiger charge is 2.13. The summed E-state index contributed by atoms with van der Waals surface area (Å²) in [5, 5.41) is 7.83. The number of rotatable bonds is 4. The maximum Gasteiger partial charge on any atom is 0.253 e. The monoisotopic (exact) mass is 371 g/mol. The fourth-order valence-electron chi connectivity index (χ4n) is 2.37. The molecule has 0 saturated heterocycles. The van der Waals surface area contributed by atoms with Crippen LogP contribution in [0, 0.1) is 20.8 Å². The van der Waals surface area contributed by atoms with Crippen molar-refractivity contribution < 1.29 is 0 Å². The summed E-state index contributed by atoms with van der Waals surface area (Å²) in [4.78, 5) is 9.16. The van der Waals surface area contributed by atoms with Crippen molar-refractivity contribution in [2.45, 2.75) is 27.3 Å². The number of anilines is 1. The molecule has 0 radical (unpaired) electrons. The van der Waals surface area contributed by atoms with E-state index < -0.39 is 0 Å². The second-order valence-corrected chi connectivity index (χ2v) is 6.24. The van der Waals surface area contributed by atoms with Crippen molar-refractivity contribution in [2.24, 2.45) is 0 Å². The normalized spacial score (nSPS) is 10.8. The Labute approximate surface area is 143 Å². The minimum absolute atomic E-state index is 0.576. The molecule has 2 aromatic heterocycles. The lowest BCUT2D eigenvalue weighted by atomic mass is 10.2. The van der Waals surface area contributed by atoms with Gasteiger partial charge in [0.2, 0.25) is 0 Å². The minimum Gasteiger partial charge on any atom is -0.365 e. The maximum absolute atomic E-state index is 4.62. The van der Waals surface area contributed by atoms with Crippen LogP contribution in [-0.4, -0.2) is 19.7 Å². The van der Waals surface area contributed by atoms with Crippen LogP contribution in [0.3, 0.4) is 0 Å². The van der Waals surface area contributed by atoms with Crippen molar-refractivity contribution in [1.29, 1.82) is 0 Å². The molecule has 6 heteroatoms. The van der Waals surface area contributed by atoms with Crippen LogP contribution >= 0.6 is 15.9 Å². The maximum atomic E-state index is 4.62. The number of hydrogen-bond acceptors (Lipinski definition) is 4. The van der Waals surface area contributed by atoms with Crippen molar-refractivity contribution in [3.8, 4) is 5.95 Å². The van der Waals surface area contributed by atoms with Crippen LogP contribution < -0.4 is 5.32 Å². The van der Waals surface area contributed by atoms with Gasteiger partial charge in [-0.3, -0.25) is 0 Å². The zero-order valence-corrected chi connectivity index (χ0v) is 14.9. The van der Waals surface area contributed by atoms with E-state index in [1.54, 1.807) is 4.68 Å². The van der Waals surface area contributed by atoms with E-state index >= 15 is 0 Å². The third-order valence-corrected chi connectivity index (χ3v) is 4.46. The van der Waals surface area contributed by atoms with Gasteiger partial charge in [0.05, 0.1) is 15.9 Å². The molecule has 0 spiro atoms. The highest BCUT2D eigenvalue weighted by atomic mass is 79.9. The van der Waals surface area contributed by atoms with Crippen molar-refractivity contribution in [3.63, 3.8) is 0 Å². The van der Waals surface area contributed by atoms with Gasteiger partial charge in [-0.1, -0.05) is 30.3 Å². The van der Waals surface area contributed by atoms with E-state index in [-0.39, 0.29) is 0 Å². The Morgan fingerprint density at radius 1 is 1.09 bits per heavy atom. The first-order chi connectivity index (χ1) is 11.0. The molecule has 2 heterocycles. The van der Waals surface area contributed by atoms with Crippen LogP contribution in [-0.2, 0) is 6.54 Å². The molecular formula is C17H18BrN5. The molecule has 118 valence electrons. The first-order valence-corrected chi connectivity index (χ1v) is 8.19. The first-order valence-electron chi connectivity index (χ1n) is 7.40. The average molecular weight is 372 g/mol. The third-order valence-electron chi connectivity index (χ3n) is 3.51. The summed E-state index contributed by atoms with van der Waals surface area (Å²) >= 11 is 3.57. The standard InChI is InChI=1S/C17H18BrN5/c1-11-9-12(2)23(22-11)17-20-13(3)15(18)16(21-17)19-10-14-7-5-4-6-8-14/h4-9H,10H2,1-3H3,(H,19,20,21). The molecule has 0 fully saturated rings. The first kappa shape index (κ1) is 15.7. The highest BCUT2D eigenvalue weighted by molar-refractivity contribution is 9.10. The van der Waals surface area contributed by atoms with E-state index in [1.165, 1.54) is 5.56 Å². The molecule has 23 heavy (non-hydrogen) atoms. The van der Waals surface area contributed by atoms with Gasteiger partial charge in [0.1, 0.15) is 5.82 Å². The Hall–Kier alpha value is -2.21. The van der Waals surface area contributed by atoms with Crippen LogP contribution in [0.5, 0.6) is 0 Å². The zero-order valence-electron chi connectivity index (χ0n) is 13.3. The van der Waals surface area contributed by atoms with Gasteiger partial charge in [-0.25, -0.2) is 9.67 Å². The molecule has 0 aliphatic carbocycles. The summed E-state index contributed by atoms with van der Waals surface area (Å²) in [5.74, 6) is 1.34. The van der Waals surface area contributed by atoms with E-state index in [0.29, 0.717) is 12.5 Å². The second-order valence-electron chi connectivity index (χ2n) is 5.45. The van der Waals surface area contributed by atoms with E-state index in [0.717, 1.165) is 27.4 Å². The van der Waals surface area contributed by atoms with Crippen LogP contribution in [0.15, 0.2) is 40.9 Å². The van der Waals surface area contributed by atoms with Gasteiger partial charge in [0.25, 0.3) is 5.95 Å². The lowest BCUT2D eigenvalue weighted by Crippen LogP contribution is -2.10. The molecule has 0 amide bonds. The fourth-order valence-corrected chi connectivity index (χ4v) is 2.69. The van der Waals surface area contributed by atoms with Gasteiger partial charge in [-0.2, -0.15) is 10.1 Å². The smallest absolute Gasteiger partial charge is 0.253 e. The Balaban J connectivity index is 1.92. The molecule has 5 nitrogen and oxygen atoms in total. The number of aromatic nitrogens is 4. The molecule has 0 bridgehead atoms. The molecule has 0 aliphatic rings. The SMILES string of the molecule is Cc1cc(C)n(-c2nc(C)c(Br)c(NCc3ccccc3)n2)n1. The van der Waals surface area contributed by atoms with Crippen LogP contribution in [0.1, 0.15) is 22.6 Å². The van der Waals surface area contributed by atoms with Gasteiger partial charge in [-0.15, -0.1) is 0 Å². The quantitative estimate of drug-likeness (QED) is 0.753. The fraction of sp³-hybridized carbons (Fsp3) is 0.235. The van der Waals surface area contributed by atoms with E-state index in [9.17, 15) is 0 Å². The Bertz CT molecular complexity index is 827. The van der Waals surface area contributed by atoms with E-state index in [4.69, 9.17) is 0 Å². The molecular weight excluding hydrogens is 354 g/mol. The summed E-state index contributed by atoms with van der Waals surface area (Å²) in [7, 11) is 0. The number of benzene rings is 1. The Kier molecular flexibility index (Phi) is 4.43. The predicted octanol–water partition coefficient (Wildman–Crippen LogP) is 3.96. The lowest BCUT2D eigenvalue weighted by Gasteiger charge is -2.12. The summed E-state index contributed by atoms with van der Waals surface area (Å²) in [6.07, 6.45) is 0. The summed E-state index contributed by atoms with van der Waals surface area (Å²) in [6, 6.07) is 12.2. The lowest BCUT2D eigenvalue weighted by molar-refractivity contribution is 0.767. The van der Waals surface area contributed by atoms with Gasteiger partial charge < -0.3 is 5.32 Å². The summed E-state index contributed by atoms with van der Waals surface area (Å²) in [6.45, 7) is 6.61. The van der Waals surface area contributed by atoms with Crippen molar-refractivity contribution in [1.82, 2.24) is 19.7 Å². The molecule has 0 aliphatic heterocycles. The molecule has 0 saturated carbocycles. The third kappa shape index (κ3) is 3.42. The van der Waals surface area contributed by atoms with Crippen LogP contribution in [0.4, 0.5) is 5.82 Å².